The first kappa shape index (κ1) is 14.1. The van der Waals surface area contributed by atoms with Gasteiger partial charge in [-0.3, -0.25) is 0 Å². The number of para-hydroxylation sites is 1. The van der Waals surface area contributed by atoms with Crippen molar-refractivity contribution in [3.8, 4) is 11.4 Å². The van der Waals surface area contributed by atoms with Crippen molar-refractivity contribution >= 4 is 21.9 Å². The molecule has 0 unspecified atom stereocenters. The lowest BCUT2D eigenvalue weighted by Gasteiger charge is -2.03. The number of aromatic nitrogens is 3. The highest BCUT2D eigenvalue weighted by molar-refractivity contribution is 5.98. The monoisotopic (exact) mass is 303 g/mol. The summed E-state index contributed by atoms with van der Waals surface area (Å²) in [5, 5.41) is 1.26. The van der Waals surface area contributed by atoms with Crippen molar-refractivity contribution in [1.29, 1.82) is 0 Å². The fourth-order valence-corrected chi connectivity index (χ4v) is 3.53. The number of aryl methyl sites for hydroxylation is 3. The molecule has 0 aliphatic rings. The van der Waals surface area contributed by atoms with E-state index in [1.165, 1.54) is 33.3 Å². The third-order valence-electron chi connectivity index (χ3n) is 4.88. The second-order valence-corrected chi connectivity index (χ2v) is 6.26. The summed E-state index contributed by atoms with van der Waals surface area (Å²) in [4.78, 5) is 8.40. The zero-order valence-electron chi connectivity index (χ0n) is 14.1. The van der Waals surface area contributed by atoms with Crippen LogP contribution in [0.25, 0.3) is 33.3 Å². The summed E-state index contributed by atoms with van der Waals surface area (Å²) in [6, 6.07) is 12.9. The maximum Gasteiger partial charge on any atom is 0.140 e. The van der Waals surface area contributed by atoms with Crippen LogP contribution < -0.4 is 0 Å². The van der Waals surface area contributed by atoms with Crippen LogP contribution in [0.1, 0.15) is 23.7 Å². The Kier molecular flexibility index (Phi) is 3.05. The molecule has 3 nitrogen and oxygen atoms in total. The maximum atomic E-state index is 4.87. The molecule has 0 fully saturated rings. The van der Waals surface area contributed by atoms with Crippen molar-refractivity contribution in [2.45, 2.75) is 34.2 Å². The Hall–Kier alpha value is -2.55. The lowest BCUT2D eigenvalue weighted by atomic mass is 10.1. The third kappa shape index (κ3) is 2.00. The van der Waals surface area contributed by atoms with Crippen LogP contribution in [0.3, 0.4) is 0 Å². The molecular formula is C20H21N3. The number of hydrogen-bond acceptors (Lipinski definition) is 1. The number of H-pyrrole nitrogens is 1. The molecule has 23 heavy (non-hydrogen) atoms. The second-order valence-electron chi connectivity index (χ2n) is 6.26. The molecule has 2 aromatic heterocycles. The van der Waals surface area contributed by atoms with E-state index in [9.17, 15) is 0 Å². The van der Waals surface area contributed by atoms with Crippen LogP contribution in [0.15, 0.2) is 36.4 Å². The summed E-state index contributed by atoms with van der Waals surface area (Å²) in [5.41, 5.74) is 8.47. The number of hydrogen-bond donors (Lipinski definition) is 1. The smallest absolute Gasteiger partial charge is 0.140 e. The van der Waals surface area contributed by atoms with Crippen LogP contribution in [0.4, 0.5) is 0 Å². The minimum Gasteiger partial charge on any atom is -0.344 e. The molecule has 0 atom stereocenters. The van der Waals surface area contributed by atoms with E-state index in [2.05, 4.69) is 73.6 Å². The van der Waals surface area contributed by atoms with E-state index in [1.807, 2.05) is 0 Å². The highest BCUT2D eigenvalue weighted by atomic mass is 15.0. The van der Waals surface area contributed by atoms with E-state index in [-0.39, 0.29) is 0 Å². The molecule has 0 radical (unpaired) electrons. The number of fused-ring (bicyclic) bond motifs is 2. The number of aromatic amines is 1. The van der Waals surface area contributed by atoms with Gasteiger partial charge < -0.3 is 9.55 Å². The van der Waals surface area contributed by atoms with Crippen LogP contribution in [-0.4, -0.2) is 14.5 Å². The molecule has 116 valence electrons. The van der Waals surface area contributed by atoms with Gasteiger partial charge in [-0.2, -0.15) is 0 Å². The van der Waals surface area contributed by atoms with Crippen LogP contribution in [0.5, 0.6) is 0 Å². The zero-order chi connectivity index (χ0) is 16.1. The van der Waals surface area contributed by atoms with Crippen LogP contribution in [-0.2, 0) is 6.54 Å². The van der Waals surface area contributed by atoms with Gasteiger partial charge in [0.2, 0.25) is 0 Å². The molecule has 0 aliphatic heterocycles. The number of rotatable bonds is 2. The van der Waals surface area contributed by atoms with Gasteiger partial charge in [-0.15, -0.1) is 0 Å². The van der Waals surface area contributed by atoms with Gasteiger partial charge in [0.15, 0.2) is 0 Å². The van der Waals surface area contributed by atoms with Crippen LogP contribution in [0, 0.1) is 20.8 Å². The molecule has 4 rings (SSSR count). The lowest BCUT2D eigenvalue weighted by molar-refractivity contribution is 0.770. The molecule has 0 aliphatic carbocycles. The van der Waals surface area contributed by atoms with Gasteiger partial charge in [0, 0.05) is 28.7 Å². The summed E-state index contributed by atoms with van der Waals surface area (Å²) in [6.45, 7) is 9.61. The first-order chi connectivity index (χ1) is 11.1. The quantitative estimate of drug-likeness (QED) is 0.547. The molecule has 2 heterocycles. The number of nitrogens with zero attached hydrogens (tertiary/aromatic N) is 2. The number of nitrogens with one attached hydrogen (secondary N) is 1. The van der Waals surface area contributed by atoms with Crippen LogP contribution >= 0.6 is 0 Å². The molecule has 0 saturated carbocycles. The molecule has 4 aromatic rings. The van der Waals surface area contributed by atoms with E-state index in [0.29, 0.717) is 0 Å². The second kappa shape index (κ2) is 4.98. The Bertz CT molecular complexity index is 995. The van der Waals surface area contributed by atoms with Gasteiger partial charge in [0.1, 0.15) is 5.82 Å². The molecule has 2 aromatic carbocycles. The van der Waals surface area contributed by atoms with Gasteiger partial charge in [0.25, 0.3) is 0 Å². The Labute approximate surface area is 136 Å². The maximum absolute atomic E-state index is 4.87. The number of benzene rings is 2. The Balaban J connectivity index is 2.04. The van der Waals surface area contributed by atoms with Crippen molar-refractivity contribution in [3.63, 3.8) is 0 Å². The first-order valence-electron chi connectivity index (χ1n) is 8.15. The molecule has 0 spiro atoms. The SMILES string of the molecule is CCn1c(C)c(-c2nc3cc(C)c(C)cc3[nH]2)c2ccccc21. The van der Waals surface area contributed by atoms with E-state index < -0.39 is 0 Å². The van der Waals surface area contributed by atoms with E-state index in [0.717, 1.165) is 23.4 Å². The van der Waals surface area contributed by atoms with Gasteiger partial charge in [0.05, 0.1) is 11.0 Å². The Morgan fingerprint density at radius 3 is 2.57 bits per heavy atom. The van der Waals surface area contributed by atoms with Gasteiger partial charge in [-0.25, -0.2) is 4.98 Å². The summed E-state index contributed by atoms with van der Waals surface area (Å²) in [5.74, 6) is 0.964. The van der Waals surface area contributed by atoms with Gasteiger partial charge >= 0.3 is 0 Å². The topological polar surface area (TPSA) is 33.6 Å². The predicted octanol–water partition coefficient (Wildman–Crippen LogP) is 5.13. The molecule has 0 amide bonds. The summed E-state index contributed by atoms with van der Waals surface area (Å²) in [7, 11) is 0. The molecule has 1 N–H and O–H groups in total. The standard InChI is InChI=1S/C20H21N3/c1-5-23-14(4)19(15-8-6-7-9-18(15)23)20-21-16-10-12(2)13(3)11-17(16)22-20/h6-11H,5H2,1-4H3,(H,21,22). The van der Waals surface area contributed by atoms with Crippen molar-refractivity contribution in [2.24, 2.45) is 0 Å². The number of imidazole rings is 1. The molecule has 0 bridgehead atoms. The van der Waals surface area contributed by atoms with Crippen molar-refractivity contribution in [1.82, 2.24) is 14.5 Å². The highest BCUT2D eigenvalue weighted by Crippen LogP contribution is 2.34. The molecular weight excluding hydrogens is 282 g/mol. The highest BCUT2D eigenvalue weighted by Gasteiger charge is 2.17. The van der Waals surface area contributed by atoms with Crippen molar-refractivity contribution in [3.05, 3.63) is 53.2 Å². The zero-order valence-corrected chi connectivity index (χ0v) is 14.1. The normalized spacial score (nSPS) is 11.7. The van der Waals surface area contributed by atoms with Crippen molar-refractivity contribution in [2.75, 3.05) is 0 Å². The average Bonchev–Trinajstić information content (AvgIpc) is 3.04. The van der Waals surface area contributed by atoms with Crippen LogP contribution in [0.2, 0.25) is 0 Å². The molecule has 3 heteroatoms. The Morgan fingerprint density at radius 2 is 1.78 bits per heavy atom. The lowest BCUT2D eigenvalue weighted by Crippen LogP contribution is -1.96. The van der Waals surface area contributed by atoms with Crippen molar-refractivity contribution < 1.29 is 0 Å². The minimum atomic E-state index is 0.963. The predicted molar refractivity (Wildman–Crippen MR) is 96.9 cm³/mol. The third-order valence-corrected chi connectivity index (χ3v) is 4.88. The van der Waals surface area contributed by atoms with E-state index in [1.54, 1.807) is 0 Å². The minimum absolute atomic E-state index is 0.963. The first-order valence-corrected chi connectivity index (χ1v) is 8.15. The fraction of sp³-hybridized carbons (Fsp3) is 0.250. The summed E-state index contributed by atoms with van der Waals surface area (Å²) < 4.78 is 2.36. The fourth-order valence-electron chi connectivity index (χ4n) is 3.53. The Morgan fingerprint density at radius 1 is 1.04 bits per heavy atom. The van der Waals surface area contributed by atoms with Gasteiger partial charge in [-0.05, 0) is 57.0 Å². The average molecular weight is 303 g/mol. The largest absolute Gasteiger partial charge is 0.344 e. The van der Waals surface area contributed by atoms with Gasteiger partial charge in [-0.1, -0.05) is 18.2 Å². The van der Waals surface area contributed by atoms with E-state index >= 15 is 0 Å². The van der Waals surface area contributed by atoms with E-state index in [4.69, 9.17) is 4.98 Å². The summed E-state index contributed by atoms with van der Waals surface area (Å²) >= 11 is 0. The molecule has 0 saturated heterocycles. The summed E-state index contributed by atoms with van der Waals surface area (Å²) in [6.07, 6.45) is 0.